The van der Waals surface area contributed by atoms with Crippen molar-refractivity contribution in [3.8, 4) is 0 Å². The summed E-state index contributed by atoms with van der Waals surface area (Å²) < 4.78 is 0. The van der Waals surface area contributed by atoms with Gasteiger partial charge in [0.1, 0.15) is 0 Å². The van der Waals surface area contributed by atoms with Crippen molar-refractivity contribution in [1.82, 2.24) is 15.3 Å². The summed E-state index contributed by atoms with van der Waals surface area (Å²) in [5, 5.41) is 14.9. The molecule has 1 amide bonds. The quantitative estimate of drug-likeness (QED) is 0.636. The fraction of sp³-hybridized carbons (Fsp3) is 0.333. The summed E-state index contributed by atoms with van der Waals surface area (Å²) in [6.07, 6.45) is 0.762. The van der Waals surface area contributed by atoms with Gasteiger partial charge in [-0.2, -0.15) is 0 Å². The van der Waals surface area contributed by atoms with Gasteiger partial charge in [-0.3, -0.25) is 4.79 Å². The molecule has 25 heavy (non-hydrogen) atoms. The Morgan fingerprint density at radius 1 is 1.12 bits per heavy atom. The van der Waals surface area contributed by atoms with Gasteiger partial charge in [-0.25, -0.2) is 14.8 Å². The highest BCUT2D eigenvalue weighted by Gasteiger charge is 2.21. The molecule has 1 aromatic heterocycles. The number of amides is 1. The number of carboxylic acid groups (broad SMARTS) is 1. The van der Waals surface area contributed by atoms with Crippen LogP contribution in [0, 0.1) is 13.8 Å². The molecule has 1 aromatic carbocycles. The van der Waals surface area contributed by atoms with E-state index in [1.807, 2.05) is 19.9 Å². The van der Waals surface area contributed by atoms with Crippen molar-refractivity contribution in [3.63, 3.8) is 0 Å². The van der Waals surface area contributed by atoms with Gasteiger partial charge in [-0.15, -0.1) is 0 Å². The number of carboxylic acids is 1. The zero-order valence-electron chi connectivity index (χ0n) is 14.3. The number of nitrogens with one attached hydrogen (secondary N) is 2. The van der Waals surface area contributed by atoms with Gasteiger partial charge in [0.25, 0.3) is 0 Å². The maximum Gasteiger partial charge on any atom is 0.330 e. The monoisotopic (exact) mass is 342 g/mol. The average Bonchev–Trinajstić information content (AvgIpc) is 2.56. The third-order valence-corrected chi connectivity index (χ3v) is 3.53. The number of nitrogens with zero attached hydrogens (tertiary/aromatic N) is 2. The third-order valence-electron chi connectivity index (χ3n) is 3.53. The van der Waals surface area contributed by atoms with Crippen LogP contribution in [0.4, 0.5) is 5.95 Å². The number of rotatable bonds is 8. The Bertz CT molecular complexity index is 714. The molecule has 0 fully saturated rings. The molecule has 0 bridgehead atoms. The van der Waals surface area contributed by atoms with Crippen molar-refractivity contribution in [2.24, 2.45) is 0 Å². The fourth-order valence-corrected chi connectivity index (χ4v) is 2.42. The highest BCUT2D eigenvalue weighted by Crippen LogP contribution is 2.13. The molecule has 0 saturated carbocycles. The van der Waals surface area contributed by atoms with Crippen LogP contribution in [-0.4, -0.2) is 33.5 Å². The molecule has 3 N–H and O–H groups in total. The van der Waals surface area contributed by atoms with Gasteiger partial charge in [0.05, 0.1) is 0 Å². The lowest BCUT2D eigenvalue weighted by Crippen LogP contribution is -2.33. The lowest BCUT2D eigenvalue weighted by atomic mass is 10.1. The zero-order chi connectivity index (χ0) is 18.2. The average molecular weight is 342 g/mol. The van der Waals surface area contributed by atoms with Crippen LogP contribution in [-0.2, 0) is 9.59 Å². The number of benzene rings is 1. The van der Waals surface area contributed by atoms with Gasteiger partial charge >= 0.3 is 5.97 Å². The molecule has 1 unspecified atom stereocenters. The Balaban J connectivity index is 1.80. The van der Waals surface area contributed by atoms with E-state index in [1.165, 1.54) is 0 Å². The van der Waals surface area contributed by atoms with Gasteiger partial charge in [0, 0.05) is 24.4 Å². The topological polar surface area (TPSA) is 104 Å². The molecule has 1 atom stereocenters. The lowest BCUT2D eigenvalue weighted by molar-refractivity contribution is -0.142. The Labute approximate surface area is 146 Å². The molecular formula is C18H22N4O3. The van der Waals surface area contributed by atoms with Crippen LogP contribution < -0.4 is 10.6 Å². The van der Waals surface area contributed by atoms with E-state index in [9.17, 15) is 14.7 Å². The second kappa shape index (κ2) is 8.77. The van der Waals surface area contributed by atoms with Crippen LogP contribution >= 0.6 is 0 Å². The zero-order valence-corrected chi connectivity index (χ0v) is 14.3. The van der Waals surface area contributed by atoms with Crippen molar-refractivity contribution in [3.05, 3.63) is 53.3 Å². The van der Waals surface area contributed by atoms with Gasteiger partial charge < -0.3 is 15.7 Å². The van der Waals surface area contributed by atoms with Crippen LogP contribution in [0.5, 0.6) is 0 Å². The maximum absolute atomic E-state index is 12.0. The number of hydrogen-bond donors (Lipinski definition) is 3. The van der Waals surface area contributed by atoms with Crippen LogP contribution in [0.3, 0.4) is 0 Å². The molecule has 0 aliphatic rings. The number of aliphatic carboxylic acids is 1. The Kier molecular flexibility index (Phi) is 6.45. The van der Waals surface area contributed by atoms with Gasteiger partial charge in [-0.1, -0.05) is 30.3 Å². The standard InChI is InChI=1S/C18H22N4O3/c1-12-11-13(2)21-18(20-12)19-10-6-9-15(23)22-16(17(24)25)14-7-4-3-5-8-14/h3-5,7-8,11,16H,6,9-10H2,1-2H3,(H,22,23)(H,24,25)(H,19,20,21). The second-order valence-corrected chi connectivity index (χ2v) is 5.75. The SMILES string of the molecule is Cc1cc(C)nc(NCCCC(=O)NC(C(=O)O)c2ccccc2)n1. The van der Waals surface area contributed by atoms with Crippen LogP contribution in [0.25, 0.3) is 0 Å². The van der Waals surface area contributed by atoms with E-state index in [0.717, 1.165) is 11.4 Å². The van der Waals surface area contributed by atoms with Gasteiger partial charge in [-0.05, 0) is 31.9 Å². The summed E-state index contributed by atoms with van der Waals surface area (Å²) in [6, 6.07) is 9.48. The number of carbonyl (C=O) groups is 2. The molecule has 0 radical (unpaired) electrons. The number of carbonyl (C=O) groups excluding carboxylic acids is 1. The molecule has 7 nitrogen and oxygen atoms in total. The molecule has 0 saturated heterocycles. The predicted molar refractivity (Wildman–Crippen MR) is 94.2 cm³/mol. The summed E-state index contributed by atoms with van der Waals surface area (Å²) in [5.41, 5.74) is 2.30. The highest BCUT2D eigenvalue weighted by atomic mass is 16.4. The lowest BCUT2D eigenvalue weighted by Gasteiger charge is -2.15. The summed E-state index contributed by atoms with van der Waals surface area (Å²) >= 11 is 0. The number of aromatic nitrogens is 2. The van der Waals surface area contributed by atoms with Crippen molar-refractivity contribution in [2.75, 3.05) is 11.9 Å². The molecule has 2 aromatic rings. The minimum absolute atomic E-state index is 0.217. The van der Waals surface area contributed by atoms with Crippen LogP contribution in [0.2, 0.25) is 0 Å². The second-order valence-electron chi connectivity index (χ2n) is 5.75. The number of anilines is 1. The smallest absolute Gasteiger partial charge is 0.330 e. The summed E-state index contributed by atoms with van der Waals surface area (Å²) in [4.78, 5) is 31.9. The molecule has 2 rings (SSSR count). The number of aryl methyl sites for hydroxylation is 2. The van der Waals surface area contributed by atoms with Crippen LogP contribution in [0.1, 0.15) is 35.8 Å². The van der Waals surface area contributed by atoms with E-state index in [4.69, 9.17) is 0 Å². The van der Waals surface area contributed by atoms with E-state index >= 15 is 0 Å². The molecule has 132 valence electrons. The molecule has 1 heterocycles. The minimum Gasteiger partial charge on any atom is -0.479 e. The first-order chi connectivity index (χ1) is 12.0. The Morgan fingerprint density at radius 2 is 1.76 bits per heavy atom. The van der Waals surface area contributed by atoms with Crippen molar-refractivity contribution in [2.45, 2.75) is 32.7 Å². The van der Waals surface area contributed by atoms with Crippen molar-refractivity contribution < 1.29 is 14.7 Å². The molecular weight excluding hydrogens is 320 g/mol. The largest absolute Gasteiger partial charge is 0.479 e. The van der Waals surface area contributed by atoms with E-state index in [2.05, 4.69) is 20.6 Å². The fourth-order valence-electron chi connectivity index (χ4n) is 2.42. The Hall–Kier alpha value is -2.96. The first-order valence-electron chi connectivity index (χ1n) is 8.09. The Morgan fingerprint density at radius 3 is 2.36 bits per heavy atom. The molecule has 0 aliphatic carbocycles. The highest BCUT2D eigenvalue weighted by molar-refractivity contribution is 5.84. The maximum atomic E-state index is 12.0. The van der Waals surface area contributed by atoms with E-state index in [1.54, 1.807) is 30.3 Å². The summed E-state index contributed by atoms with van der Waals surface area (Å²) in [7, 11) is 0. The first kappa shape index (κ1) is 18.4. The predicted octanol–water partition coefficient (Wildman–Crippen LogP) is 2.23. The van der Waals surface area contributed by atoms with Gasteiger partial charge in [0.15, 0.2) is 6.04 Å². The molecule has 0 aliphatic heterocycles. The third kappa shape index (κ3) is 5.87. The molecule has 7 heteroatoms. The minimum atomic E-state index is -1.08. The number of hydrogen-bond acceptors (Lipinski definition) is 5. The molecule has 0 spiro atoms. The van der Waals surface area contributed by atoms with E-state index in [0.29, 0.717) is 24.5 Å². The van der Waals surface area contributed by atoms with E-state index < -0.39 is 12.0 Å². The van der Waals surface area contributed by atoms with E-state index in [-0.39, 0.29) is 12.3 Å². The summed E-state index contributed by atoms with van der Waals surface area (Å²) in [5.74, 6) is -0.855. The first-order valence-corrected chi connectivity index (χ1v) is 8.09. The van der Waals surface area contributed by atoms with Crippen molar-refractivity contribution >= 4 is 17.8 Å². The van der Waals surface area contributed by atoms with Crippen LogP contribution in [0.15, 0.2) is 36.4 Å². The summed E-state index contributed by atoms with van der Waals surface area (Å²) in [6.45, 7) is 4.31. The normalized spacial score (nSPS) is 11.6. The van der Waals surface area contributed by atoms with Gasteiger partial charge in [0.2, 0.25) is 11.9 Å². The van der Waals surface area contributed by atoms with Crippen molar-refractivity contribution in [1.29, 1.82) is 0 Å².